The predicted molar refractivity (Wildman–Crippen MR) is 60.6 cm³/mol. The maximum absolute atomic E-state index is 8.63. The lowest BCUT2D eigenvalue weighted by molar-refractivity contribution is 1.32. The lowest BCUT2D eigenvalue weighted by Gasteiger charge is -1.99. The highest BCUT2D eigenvalue weighted by atomic mass is 32.1. The predicted octanol–water partition coefficient (Wildman–Crippen LogP) is 3.58. The number of hydrogen-bond donors (Lipinski definition) is 0. The van der Waals surface area contributed by atoms with Crippen LogP contribution in [0.15, 0.2) is 18.2 Å². The van der Waals surface area contributed by atoms with Gasteiger partial charge in [-0.25, -0.2) is 0 Å². The fourth-order valence-corrected chi connectivity index (χ4v) is 2.70. The van der Waals surface area contributed by atoms with Crippen LogP contribution in [0, 0.1) is 25.2 Å². The molecule has 1 aromatic carbocycles. The van der Waals surface area contributed by atoms with Crippen molar-refractivity contribution in [3.63, 3.8) is 0 Å². The summed E-state index contributed by atoms with van der Waals surface area (Å²) in [5, 5.41) is 9.89. The highest BCUT2D eigenvalue weighted by molar-refractivity contribution is 7.19. The van der Waals surface area contributed by atoms with Crippen LogP contribution >= 0.6 is 11.3 Å². The average molecular weight is 201 g/mol. The molecule has 0 N–H and O–H groups in total. The van der Waals surface area contributed by atoms with Gasteiger partial charge in [0.15, 0.2) is 0 Å². The first kappa shape index (κ1) is 9.23. The van der Waals surface area contributed by atoms with E-state index in [1.807, 2.05) is 0 Å². The summed E-state index contributed by atoms with van der Waals surface area (Å²) in [5.74, 6) is 0. The van der Waals surface area contributed by atoms with Gasteiger partial charge in [-0.1, -0.05) is 12.1 Å². The molecule has 0 bridgehead atoms. The van der Waals surface area contributed by atoms with Crippen LogP contribution in [0.1, 0.15) is 16.0 Å². The molecule has 2 aromatic rings. The van der Waals surface area contributed by atoms with Gasteiger partial charge in [-0.15, -0.1) is 11.3 Å². The molecule has 0 aliphatic rings. The Kier molecular flexibility index (Phi) is 2.26. The molecular weight excluding hydrogens is 190 g/mol. The number of nitriles is 1. The Labute approximate surface area is 87.6 Å². The second-order valence-corrected chi connectivity index (χ2v) is 4.61. The maximum atomic E-state index is 8.63. The summed E-state index contributed by atoms with van der Waals surface area (Å²) in [7, 11) is 0. The Morgan fingerprint density at radius 1 is 1.36 bits per heavy atom. The quantitative estimate of drug-likeness (QED) is 0.691. The van der Waals surface area contributed by atoms with Crippen molar-refractivity contribution < 1.29 is 0 Å². The lowest BCUT2D eigenvalue weighted by Crippen LogP contribution is -1.77. The van der Waals surface area contributed by atoms with Crippen LogP contribution in [0.3, 0.4) is 0 Å². The average Bonchev–Trinajstić information content (AvgIpc) is 2.56. The van der Waals surface area contributed by atoms with Gasteiger partial charge in [-0.2, -0.15) is 5.26 Å². The van der Waals surface area contributed by atoms with Gasteiger partial charge in [0, 0.05) is 9.58 Å². The third-order valence-electron chi connectivity index (χ3n) is 2.51. The Hall–Kier alpha value is -1.33. The second kappa shape index (κ2) is 3.43. The van der Waals surface area contributed by atoms with Gasteiger partial charge >= 0.3 is 0 Å². The van der Waals surface area contributed by atoms with Crippen molar-refractivity contribution in [3.05, 3.63) is 34.2 Å². The molecule has 0 atom stereocenters. The summed E-state index contributed by atoms with van der Waals surface area (Å²) in [6, 6.07) is 8.58. The third kappa shape index (κ3) is 1.40. The molecule has 0 spiro atoms. The van der Waals surface area contributed by atoms with Crippen LogP contribution in [0.4, 0.5) is 0 Å². The largest absolute Gasteiger partial charge is 0.198 e. The van der Waals surface area contributed by atoms with E-state index in [4.69, 9.17) is 5.26 Å². The molecule has 2 rings (SSSR count). The first-order valence-electron chi connectivity index (χ1n) is 4.58. The van der Waals surface area contributed by atoms with E-state index >= 15 is 0 Å². The highest BCUT2D eigenvalue weighted by Gasteiger charge is 2.05. The number of hydrogen-bond acceptors (Lipinski definition) is 2. The normalized spacial score (nSPS) is 10.4. The first-order chi connectivity index (χ1) is 6.72. The van der Waals surface area contributed by atoms with Crippen LogP contribution in [0.5, 0.6) is 0 Å². The van der Waals surface area contributed by atoms with Crippen molar-refractivity contribution in [2.45, 2.75) is 20.3 Å². The standard InChI is InChI=1S/C12H11NS/c1-8-3-4-10-7-11(5-6-13)14-12(10)9(8)2/h3-4,7H,5H2,1-2H3. The van der Waals surface area contributed by atoms with Gasteiger partial charge in [0.2, 0.25) is 0 Å². The summed E-state index contributed by atoms with van der Waals surface area (Å²) in [5.41, 5.74) is 2.67. The molecule has 0 unspecified atom stereocenters. The van der Waals surface area contributed by atoms with Gasteiger partial charge in [0.25, 0.3) is 0 Å². The number of thiophene rings is 1. The zero-order valence-corrected chi connectivity index (χ0v) is 9.11. The van der Waals surface area contributed by atoms with E-state index in [-0.39, 0.29) is 0 Å². The number of benzene rings is 1. The molecule has 14 heavy (non-hydrogen) atoms. The number of aryl methyl sites for hydroxylation is 2. The zero-order valence-electron chi connectivity index (χ0n) is 8.29. The van der Waals surface area contributed by atoms with Gasteiger partial charge < -0.3 is 0 Å². The molecule has 1 heterocycles. The maximum Gasteiger partial charge on any atom is 0.0696 e. The van der Waals surface area contributed by atoms with E-state index in [1.54, 1.807) is 11.3 Å². The van der Waals surface area contributed by atoms with Crippen molar-refractivity contribution in [3.8, 4) is 6.07 Å². The Morgan fingerprint density at radius 2 is 2.14 bits per heavy atom. The summed E-state index contributed by atoms with van der Waals surface area (Å²) < 4.78 is 1.33. The Balaban J connectivity index is 2.66. The molecule has 0 fully saturated rings. The summed E-state index contributed by atoms with van der Waals surface area (Å²) in [6.45, 7) is 4.27. The molecule has 0 aliphatic carbocycles. The Bertz CT molecular complexity index is 517. The fraction of sp³-hybridized carbons (Fsp3) is 0.250. The van der Waals surface area contributed by atoms with Gasteiger partial charge in [-0.3, -0.25) is 0 Å². The number of rotatable bonds is 1. The van der Waals surface area contributed by atoms with Crippen molar-refractivity contribution >= 4 is 21.4 Å². The fourth-order valence-electron chi connectivity index (χ4n) is 1.56. The van der Waals surface area contributed by atoms with E-state index in [9.17, 15) is 0 Å². The molecule has 1 nitrogen and oxygen atoms in total. The molecule has 70 valence electrons. The number of nitrogens with zero attached hydrogens (tertiary/aromatic N) is 1. The molecule has 0 amide bonds. The van der Waals surface area contributed by atoms with Crippen molar-refractivity contribution in [1.29, 1.82) is 5.26 Å². The summed E-state index contributed by atoms with van der Waals surface area (Å²) >= 11 is 1.74. The number of fused-ring (bicyclic) bond motifs is 1. The van der Waals surface area contributed by atoms with Crippen molar-refractivity contribution in [2.24, 2.45) is 0 Å². The van der Waals surface area contributed by atoms with E-state index in [1.165, 1.54) is 21.2 Å². The molecular formula is C12H11NS. The second-order valence-electron chi connectivity index (χ2n) is 3.47. The van der Waals surface area contributed by atoms with Crippen LogP contribution in [-0.4, -0.2) is 0 Å². The topological polar surface area (TPSA) is 23.8 Å². The summed E-state index contributed by atoms with van der Waals surface area (Å²) in [4.78, 5) is 1.16. The molecule has 0 aliphatic heterocycles. The highest BCUT2D eigenvalue weighted by Crippen LogP contribution is 2.30. The van der Waals surface area contributed by atoms with Crippen molar-refractivity contribution in [2.75, 3.05) is 0 Å². The van der Waals surface area contributed by atoms with E-state index in [0.29, 0.717) is 6.42 Å². The summed E-state index contributed by atoms with van der Waals surface area (Å²) in [6.07, 6.45) is 0.526. The third-order valence-corrected chi connectivity index (χ3v) is 3.78. The molecule has 0 radical (unpaired) electrons. The lowest BCUT2D eigenvalue weighted by atomic mass is 10.1. The van der Waals surface area contributed by atoms with E-state index in [2.05, 4.69) is 38.1 Å². The minimum atomic E-state index is 0.526. The van der Waals surface area contributed by atoms with Crippen LogP contribution in [0.25, 0.3) is 10.1 Å². The molecule has 2 heteroatoms. The smallest absolute Gasteiger partial charge is 0.0696 e. The van der Waals surface area contributed by atoms with E-state index in [0.717, 1.165) is 4.88 Å². The van der Waals surface area contributed by atoms with Crippen molar-refractivity contribution in [1.82, 2.24) is 0 Å². The minimum absolute atomic E-state index is 0.526. The first-order valence-corrected chi connectivity index (χ1v) is 5.39. The van der Waals surface area contributed by atoms with Crippen LogP contribution in [-0.2, 0) is 6.42 Å². The molecule has 1 aromatic heterocycles. The van der Waals surface area contributed by atoms with Gasteiger partial charge in [0.1, 0.15) is 0 Å². The van der Waals surface area contributed by atoms with Crippen LogP contribution < -0.4 is 0 Å². The SMILES string of the molecule is Cc1ccc2cc(CC#N)sc2c1C. The zero-order chi connectivity index (χ0) is 10.1. The Morgan fingerprint density at radius 3 is 2.86 bits per heavy atom. The minimum Gasteiger partial charge on any atom is -0.198 e. The van der Waals surface area contributed by atoms with E-state index < -0.39 is 0 Å². The van der Waals surface area contributed by atoms with Crippen LogP contribution in [0.2, 0.25) is 0 Å². The van der Waals surface area contributed by atoms with Gasteiger partial charge in [-0.05, 0) is 36.4 Å². The molecule has 0 saturated carbocycles. The molecule has 0 saturated heterocycles. The monoisotopic (exact) mass is 201 g/mol. The van der Waals surface area contributed by atoms with Gasteiger partial charge in [0.05, 0.1) is 12.5 Å².